The van der Waals surface area contributed by atoms with Crippen molar-refractivity contribution >= 4 is 62.8 Å². The lowest BCUT2D eigenvalue weighted by molar-refractivity contribution is -0.136. The van der Waals surface area contributed by atoms with Gasteiger partial charge in [0.1, 0.15) is 5.75 Å². The Bertz CT molecular complexity index is 828. The van der Waals surface area contributed by atoms with Gasteiger partial charge in [-0.25, -0.2) is 5.43 Å². The first kappa shape index (κ1) is 18.3. The molecule has 0 atom stereocenters. The zero-order chi connectivity index (χ0) is 17.7. The highest BCUT2D eigenvalue weighted by molar-refractivity contribution is 9.10. The van der Waals surface area contributed by atoms with Crippen LogP contribution < -0.4 is 10.7 Å². The molecule has 0 aliphatic carbocycles. The summed E-state index contributed by atoms with van der Waals surface area (Å²) < 4.78 is 0.724. The molecule has 0 fully saturated rings. The van der Waals surface area contributed by atoms with Crippen molar-refractivity contribution in [2.24, 2.45) is 5.10 Å². The number of hydrogen-bond donors (Lipinski definition) is 3. The van der Waals surface area contributed by atoms with Gasteiger partial charge in [0.2, 0.25) is 0 Å². The summed E-state index contributed by atoms with van der Waals surface area (Å²) in [5.41, 5.74) is 2.62. The molecule has 0 unspecified atom stereocenters. The molecule has 0 saturated heterocycles. The minimum absolute atomic E-state index is 0.0219. The molecule has 0 spiro atoms. The average Bonchev–Trinajstić information content (AvgIpc) is 2.54. The number of benzene rings is 2. The van der Waals surface area contributed by atoms with Crippen molar-refractivity contribution in [2.75, 3.05) is 5.32 Å². The van der Waals surface area contributed by atoms with Gasteiger partial charge < -0.3 is 10.4 Å². The summed E-state index contributed by atoms with van der Waals surface area (Å²) in [6.45, 7) is 0. The van der Waals surface area contributed by atoms with E-state index in [1.54, 1.807) is 18.2 Å². The molecule has 2 rings (SSSR count). The second-order valence-corrected chi connectivity index (χ2v) is 6.24. The van der Waals surface area contributed by atoms with Crippen molar-refractivity contribution in [1.29, 1.82) is 0 Å². The number of carbonyl (C=O) groups is 2. The maximum Gasteiger partial charge on any atom is 0.329 e. The molecule has 2 amide bonds. The molecule has 0 bridgehead atoms. The monoisotopic (exact) mass is 429 g/mol. The van der Waals surface area contributed by atoms with E-state index in [9.17, 15) is 14.7 Å². The molecule has 0 heterocycles. The van der Waals surface area contributed by atoms with Gasteiger partial charge in [0, 0.05) is 15.1 Å². The van der Waals surface area contributed by atoms with Gasteiger partial charge in [-0.15, -0.1) is 0 Å². The number of halogens is 3. The Balaban J connectivity index is 1.99. The molecular formula is C15H10BrCl2N3O3. The van der Waals surface area contributed by atoms with E-state index in [2.05, 4.69) is 26.3 Å². The van der Waals surface area contributed by atoms with Crippen LogP contribution in [-0.2, 0) is 9.59 Å². The lowest BCUT2D eigenvalue weighted by atomic mass is 10.2. The van der Waals surface area contributed by atoms with E-state index in [0.29, 0.717) is 10.6 Å². The summed E-state index contributed by atoms with van der Waals surface area (Å²) in [6.07, 6.45) is 1.21. The van der Waals surface area contributed by atoms with Gasteiger partial charge in [-0.1, -0.05) is 39.1 Å². The Morgan fingerprint density at radius 1 is 1.12 bits per heavy atom. The molecule has 0 radical (unpaired) electrons. The van der Waals surface area contributed by atoms with Crippen LogP contribution in [0.15, 0.2) is 46.0 Å². The van der Waals surface area contributed by atoms with Crippen LogP contribution in [-0.4, -0.2) is 23.1 Å². The van der Waals surface area contributed by atoms with Gasteiger partial charge in [0.25, 0.3) is 0 Å². The quantitative estimate of drug-likeness (QED) is 0.395. The van der Waals surface area contributed by atoms with Crippen LogP contribution in [0.25, 0.3) is 0 Å². The summed E-state index contributed by atoms with van der Waals surface area (Å²) in [4.78, 5) is 23.5. The molecule has 2 aromatic carbocycles. The fraction of sp³-hybridized carbons (Fsp3) is 0. The van der Waals surface area contributed by atoms with E-state index >= 15 is 0 Å². The summed E-state index contributed by atoms with van der Waals surface area (Å²) in [5.74, 6) is -1.99. The van der Waals surface area contributed by atoms with Crippen LogP contribution in [0.3, 0.4) is 0 Å². The number of nitrogens with one attached hydrogen (secondary N) is 2. The molecule has 6 nitrogen and oxygen atoms in total. The summed E-state index contributed by atoms with van der Waals surface area (Å²) >= 11 is 14.9. The number of rotatable bonds is 3. The number of carbonyl (C=O) groups excluding carboxylic acids is 2. The summed E-state index contributed by atoms with van der Waals surface area (Å²) in [5, 5.41) is 16.2. The standard InChI is InChI=1S/C15H10BrCl2N3O3/c16-9-1-4-13(22)8(5-9)7-19-21-15(24)14(23)20-12-6-10(17)2-3-11(12)18/h1-7,22H,(H,20,23)(H,21,24)/b19-7-. The maximum atomic E-state index is 11.8. The van der Waals surface area contributed by atoms with Crippen LogP contribution in [0.1, 0.15) is 5.56 Å². The maximum absolute atomic E-state index is 11.8. The van der Waals surface area contributed by atoms with Gasteiger partial charge in [0.05, 0.1) is 16.9 Å². The van der Waals surface area contributed by atoms with Crippen molar-refractivity contribution in [1.82, 2.24) is 5.43 Å². The number of anilines is 1. The van der Waals surface area contributed by atoms with Crippen LogP contribution >= 0.6 is 39.1 Å². The smallest absolute Gasteiger partial charge is 0.329 e. The second-order valence-electron chi connectivity index (χ2n) is 4.48. The first-order valence-corrected chi connectivity index (χ1v) is 7.99. The number of hydrazone groups is 1. The minimum Gasteiger partial charge on any atom is -0.507 e. The second kappa shape index (κ2) is 8.14. The molecule has 0 aliphatic rings. The summed E-state index contributed by atoms with van der Waals surface area (Å²) in [6, 6.07) is 9.16. The van der Waals surface area contributed by atoms with Crippen molar-refractivity contribution in [3.8, 4) is 5.75 Å². The van der Waals surface area contributed by atoms with Gasteiger partial charge in [-0.2, -0.15) is 5.10 Å². The molecule has 124 valence electrons. The number of phenolic OH excluding ortho intramolecular Hbond substituents is 1. The highest BCUT2D eigenvalue weighted by Crippen LogP contribution is 2.25. The third kappa shape index (κ3) is 4.95. The van der Waals surface area contributed by atoms with Gasteiger partial charge in [-0.05, 0) is 36.4 Å². The number of nitrogens with zero attached hydrogens (tertiary/aromatic N) is 1. The number of aromatic hydroxyl groups is 1. The summed E-state index contributed by atoms with van der Waals surface area (Å²) in [7, 11) is 0. The van der Waals surface area contributed by atoms with E-state index in [1.807, 2.05) is 5.43 Å². The highest BCUT2D eigenvalue weighted by Gasteiger charge is 2.14. The SMILES string of the molecule is O=C(N/N=C\c1cc(Br)ccc1O)C(=O)Nc1cc(Cl)ccc1Cl. The first-order valence-electron chi connectivity index (χ1n) is 6.45. The van der Waals surface area contributed by atoms with E-state index in [1.165, 1.54) is 24.4 Å². The third-order valence-electron chi connectivity index (χ3n) is 2.74. The van der Waals surface area contributed by atoms with E-state index in [0.717, 1.165) is 4.47 Å². The van der Waals surface area contributed by atoms with Crippen LogP contribution in [0, 0.1) is 0 Å². The van der Waals surface area contributed by atoms with E-state index in [-0.39, 0.29) is 16.5 Å². The van der Waals surface area contributed by atoms with Gasteiger partial charge >= 0.3 is 11.8 Å². The Morgan fingerprint density at radius 2 is 1.88 bits per heavy atom. The molecule has 0 saturated carbocycles. The normalized spacial score (nSPS) is 10.6. The molecule has 2 aromatic rings. The molecule has 9 heteroatoms. The Hall–Kier alpha value is -2.09. The van der Waals surface area contributed by atoms with Gasteiger partial charge in [-0.3, -0.25) is 9.59 Å². The predicted octanol–water partition coefficient (Wildman–Crippen LogP) is 3.55. The highest BCUT2D eigenvalue weighted by atomic mass is 79.9. The third-order valence-corrected chi connectivity index (χ3v) is 3.80. The van der Waals surface area contributed by atoms with Crippen molar-refractivity contribution < 1.29 is 14.7 Å². The molecular weight excluding hydrogens is 421 g/mol. The van der Waals surface area contributed by atoms with E-state index < -0.39 is 11.8 Å². The number of amides is 2. The zero-order valence-electron chi connectivity index (χ0n) is 11.9. The predicted molar refractivity (Wildman–Crippen MR) is 96.6 cm³/mol. The first-order chi connectivity index (χ1) is 11.4. The van der Waals surface area contributed by atoms with Crippen molar-refractivity contribution in [3.63, 3.8) is 0 Å². The Morgan fingerprint density at radius 3 is 2.62 bits per heavy atom. The lowest BCUT2D eigenvalue weighted by Gasteiger charge is -2.06. The zero-order valence-corrected chi connectivity index (χ0v) is 15.0. The fourth-order valence-corrected chi connectivity index (χ4v) is 2.33. The van der Waals surface area contributed by atoms with Crippen LogP contribution in [0.5, 0.6) is 5.75 Å². The van der Waals surface area contributed by atoms with Gasteiger partial charge in [0.15, 0.2) is 0 Å². The van der Waals surface area contributed by atoms with Crippen molar-refractivity contribution in [3.05, 3.63) is 56.5 Å². The molecule has 0 aliphatic heterocycles. The van der Waals surface area contributed by atoms with Crippen molar-refractivity contribution in [2.45, 2.75) is 0 Å². The number of hydrogen-bond acceptors (Lipinski definition) is 4. The average molecular weight is 431 g/mol. The molecule has 24 heavy (non-hydrogen) atoms. The number of phenols is 1. The fourth-order valence-electron chi connectivity index (χ4n) is 1.61. The lowest BCUT2D eigenvalue weighted by Crippen LogP contribution is -2.32. The molecule has 3 N–H and O–H groups in total. The van der Waals surface area contributed by atoms with Crippen LogP contribution in [0.4, 0.5) is 5.69 Å². The molecule has 0 aromatic heterocycles. The largest absolute Gasteiger partial charge is 0.507 e. The van der Waals surface area contributed by atoms with Crippen LogP contribution in [0.2, 0.25) is 10.0 Å². The Labute approximate surface area is 155 Å². The Kier molecular flexibility index (Phi) is 6.19. The topological polar surface area (TPSA) is 90.8 Å². The van der Waals surface area contributed by atoms with E-state index in [4.69, 9.17) is 23.2 Å². The minimum atomic E-state index is -1.00.